The summed E-state index contributed by atoms with van der Waals surface area (Å²) in [5, 5.41) is 0. The van der Waals surface area contributed by atoms with Gasteiger partial charge in [0.1, 0.15) is 18.4 Å². The summed E-state index contributed by atoms with van der Waals surface area (Å²) in [4.78, 5) is 11.6. The average Bonchev–Trinajstić information content (AvgIpc) is 2.29. The van der Waals surface area contributed by atoms with Crippen LogP contribution in [0.5, 0.6) is 0 Å². The Morgan fingerprint density at radius 3 is 3.07 bits per heavy atom. The summed E-state index contributed by atoms with van der Waals surface area (Å²) in [6.07, 6.45) is 15.6. The number of thioether (sulfide) groups is 1. The summed E-state index contributed by atoms with van der Waals surface area (Å²) in [7, 11) is 0. The molecule has 0 aromatic heterocycles. The van der Waals surface area contributed by atoms with Gasteiger partial charge in [-0.1, -0.05) is 13.3 Å². The van der Waals surface area contributed by atoms with Gasteiger partial charge in [0.05, 0.1) is 16.6 Å². The first-order chi connectivity index (χ1) is 7.38. The van der Waals surface area contributed by atoms with Crippen molar-refractivity contribution in [3.63, 3.8) is 0 Å². The molecule has 1 aliphatic carbocycles. The molecule has 0 amide bonds. The number of unbranched alkanes of at least 4 members (excludes halogenated alkanes) is 1. The molecular formula is C13H15OS+. The molecule has 0 aromatic carbocycles. The van der Waals surface area contributed by atoms with Gasteiger partial charge >= 0.3 is 0 Å². The van der Waals surface area contributed by atoms with Crippen molar-refractivity contribution in [2.45, 2.75) is 19.8 Å². The number of allylic oxidation sites excluding steroid dienone is 7. The van der Waals surface area contributed by atoms with Crippen molar-refractivity contribution in [2.75, 3.05) is 5.75 Å². The maximum Gasteiger partial charge on any atom is 0.145 e. The van der Waals surface area contributed by atoms with Crippen LogP contribution in [0.1, 0.15) is 19.8 Å². The molecule has 0 unspecified atom stereocenters. The van der Waals surface area contributed by atoms with Crippen molar-refractivity contribution in [1.29, 1.82) is 0 Å². The van der Waals surface area contributed by atoms with Crippen molar-refractivity contribution < 1.29 is 4.79 Å². The zero-order chi connectivity index (χ0) is 10.9. The minimum Gasteiger partial charge on any atom is -0.298 e. The van der Waals surface area contributed by atoms with Crippen LogP contribution in [0.2, 0.25) is 0 Å². The Bertz CT molecular complexity index is 321. The Kier molecular flexibility index (Phi) is 5.76. The third kappa shape index (κ3) is 4.28. The molecule has 15 heavy (non-hydrogen) atoms. The van der Waals surface area contributed by atoms with Gasteiger partial charge < -0.3 is 0 Å². The average molecular weight is 219 g/mol. The Morgan fingerprint density at radius 1 is 1.60 bits per heavy atom. The van der Waals surface area contributed by atoms with Gasteiger partial charge in [0.25, 0.3) is 0 Å². The highest BCUT2D eigenvalue weighted by Gasteiger charge is 2.10. The highest BCUT2D eigenvalue weighted by molar-refractivity contribution is 8.03. The van der Waals surface area contributed by atoms with Gasteiger partial charge in [-0.3, -0.25) is 4.79 Å². The zero-order valence-corrected chi connectivity index (χ0v) is 9.72. The second kappa shape index (κ2) is 7.22. The third-order valence-corrected chi connectivity index (χ3v) is 3.14. The van der Waals surface area contributed by atoms with Crippen molar-refractivity contribution in [3.05, 3.63) is 46.9 Å². The van der Waals surface area contributed by atoms with E-state index in [1.165, 1.54) is 12.8 Å². The van der Waals surface area contributed by atoms with Crippen LogP contribution in [-0.4, -0.2) is 12.0 Å². The fraction of sp³-hybridized carbons (Fsp3) is 0.308. The van der Waals surface area contributed by atoms with E-state index in [2.05, 4.69) is 13.0 Å². The molecule has 0 saturated heterocycles. The molecule has 1 nitrogen and oxygen atoms in total. The molecule has 0 aromatic rings. The van der Waals surface area contributed by atoms with Gasteiger partial charge in [-0.15, -0.1) is 11.8 Å². The van der Waals surface area contributed by atoms with Crippen LogP contribution < -0.4 is 0 Å². The molecule has 0 fully saturated rings. The topological polar surface area (TPSA) is 17.1 Å². The predicted molar refractivity (Wildman–Crippen MR) is 66.5 cm³/mol. The van der Waals surface area contributed by atoms with Crippen LogP contribution in [0, 0.1) is 6.08 Å². The summed E-state index contributed by atoms with van der Waals surface area (Å²) >= 11 is 1.73. The van der Waals surface area contributed by atoms with Gasteiger partial charge in [0.2, 0.25) is 0 Å². The molecule has 1 aliphatic rings. The van der Waals surface area contributed by atoms with E-state index in [-0.39, 0.29) is 0 Å². The zero-order valence-electron chi connectivity index (χ0n) is 8.90. The van der Waals surface area contributed by atoms with E-state index in [4.69, 9.17) is 0 Å². The number of rotatable bonds is 6. The maximum absolute atomic E-state index is 10.5. The van der Waals surface area contributed by atoms with E-state index in [0.29, 0.717) is 0 Å². The van der Waals surface area contributed by atoms with Crippen molar-refractivity contribution in [1.82, 2.24) is 0 Å². The second-order valence-corrected chi connectivity index (χ2v) is 4.30. The van der Waals surface area contributed by atoms with E-state index < -0.39 is 0 Å². The summed E-state index contributed by atoms with van der Waals surface area (Å²) in [6.45, 7) is 2.17. The van der Waals surface area contributed by atoms with Gasteiger partial charge in [0.15, 0.2) is 0 Å². The van der Waals surface area contributed by atoms with Gasteiger partial charge in [0, 0.05) is 18.2 Å². The van der Waals surface area contributed by atoms with Crippen molar-refractivity contribution in [2.24, 2.45) is 0 Å². The van der Waals surface area contributed by atoms with Gasteiger partial charge in [-0.05, 0) is 12.2 Å². The maximum atomic E-state index is 10.5. The van der Waals surface area contributed by atoms with E-state index in [1.54, 1.807) is 17.8 Å². The molecule has 2 heteroatoms. The van der Waals surface area contributed by atoms with Crippen LogP contribution in [0.15, 0.2) is 40.9 Å². The minimum absolute atomic E-state index is 0.848. The number of hydrogen-bond donors (Lipinski definition) is 0. The summed E-state index contributed by atoms with van der Waals surface area (Å²) in [5.41, 5.74) is 1.07. The lowest BCUT2D eigenvalue weighted by atomic mass is 10.1. The van der Waals surface area contributed by atoms with Crippen LogP contribution in [0.4, 0.5) is 0 Å². The summed E-state index contributed by atoms with van der Waals surface area (Å²) in [5.74, 6) is 1.06. The van der Waals surface area contributed by atoms with Crippen LogP contribution in [0.3, 0.4) is 0 Å². The highest BCUT2D eigenvalue weighted by Crippen LogP contribution is 2.26. The highest BCUT2D eigenvalue weighted by atomic mass is 32.2. The Balaban J connectivity index is 2.62. The SMILES string of the molecule is CCCCS/C(=C\C=O)C1=CC=C[C+]=C1. The molecule has 0 radical (unpaired) electrons. The molecule has 1 rings (SSSR count). The lowest BCUT2D eigenvalue weighted by Gasteiger charge is -2.02. The number of aldehydes is 1. The minimum atomic E-state index is 0.848. The van der Waals surface area contributed by atoms with Crippen molar-refractivity contribution >= 4 is 18.0 Å². The molecule has 0 bridgehead atoms. The number of carbonyl (C=O) groups is 1. The third-order valence-electron chi connectivity index (χ3n) is 1.97. The molecular weight excluding hydrogens is 204 g/mol. The lowest BCUT2D eigenvalue weighted by Crippen LogP contribution is -1.88. The standard InChI is InChI=1S/C13H15OS/c1-2-3-11-15-13(9-10-14)12-7-5-4-6-8-12/h4-5,7-10H,2-3,11H2,1H3/q+1/b13-9-. The predicted octanol–water partition coefficient (Wildman–Crippen LogP) is 3.46. The van der Waals surface area contributed by atoms with Crippen molar-refractivity contribution in [3.8, 4) is 0 Å². The molecule has 0 aliphatic heterocycles. The van der Waals surface area contributed by atoms with E-state index in [9.17, 15) is 4.79 Å². The van der Waals surface area contributed by atoms with Gasteiger partial charge in [-0.25, -0.2) is 0 Å². The smallest absolute Gasteiger partial charge is 0.145 e. The van der Waals surface area contributed by atoms with Crippen LogP contribution in [-0.2, 0) is 4.79 Å². The normalized spacial score (nSPS) is 14.7. The molecule has 0 atom stereocenters. The van der Waals surface area contributed by atoms with Gasteiger partial charge in [-0.2, -0.15) is 0 Å². The monoisotopic (exact) mass is 219 g/mol. The van der Waals surface area contributed by atoms with Crippen LogP contribution in [0.25, 0.3) is 0 Å². The van der Waals surface area contributed by atoms with E-state index in [0.717, 1.165) is 22.5 Å². The Labute approximate surface area is 95.6 Å². The number of carbonyl (C=O) groups excluding carboxylic acids is 1. The van der Waals surface area contributed by atoms with E-state index >= 15 is 0 Å². The Morgan fingerprint density at radius 2 is 2.47 bits per heavy atom. The largest absolute Gasteiger partial charge is 0.298 e. The number of hydrogen-bond acceptors (Lipinski definition) is 2. The first-order valence-corrected chi connectivity index (χ1v) is 6.11. The first kappa shape index (κ1) is 12.0. The first-order valence-electron chi connectivity index (χ1n) is 5.13. The molecule has 0 heterocycles. The fourth-order valence-corrected chi connectivity index (χ4v) is 2.26. The fourth-order valence-electron chi connectivity index (χ4n) is 1.16. The quantitative estimate of drug-likeness (QED) is 0.294. The summed E-state index contributed by atoms with van der Waals surface area (Å²) < 4.78 is 0. The van der Waals surface area contributed by atoms with E-state index in [1.807, 2.05) is 24.3 Å². The van der Waals surface area contributed by atoms with Crippen LogP contribution >= 0.6 is 11.8 Å². The molecule has 78 valence electrons. The molecule has 0 N–H and O–H groups in total. The second-order valence-electron chi connectivity index (χ2n) is 3.16. The summed E-state index contributed by atoms with van der Waals surface area (Å²) in [6, 6.07) is 0. The molecule has 0 saturated carbocycles. The lowest BCUT2D eigenvalue weighted by molar-refractivity contribution is -0.104. The molecule has 0 spiro atoms. The Hall–Kier alpha value is -1.11.